The first-order chi connectivity index (χ1) is 10.8. The number of furan rings is 1. The Morgan fingerprint density at radius 1 is 1.00 bits per heavy atom. The average Bonchev–Trinajstić information content (AvgIpc) is 3.23. The Morgan fingerprint density at radius 3 is 2.77 bits per heavy atom. The van der Waals surface area contributed by atoms with Gasteiger partial charge < -0.3 is 14.1 Å². The number of hydrogen-bond donors (Lipinski definition) is 1. The maximum atomic E-state index is 5.44. The van der Waals surface area contributed by atoms with Crippen LogP contribution in [0.25, 0.3) is 33.7 Å². The molecule has 0 radical (unpaired) electrons. The fourth-order valence-electron chi connectivity index (χ4n) is 2.51. The van der Waals surface area contributed by atoms with Crippen molar-refractivity contribution in [1.82, 2.24) is 9.97 Å². The van der Waals surface area contributed by atoms with Crippen LogP contribution < -0.4 is 4.74 Å². The summed E-state index contributed by atoms with van der Waals surface area (Å²) in [7, 11) is 1.66. The lowest BCUT2D eigenvalue weighted by Gasteiger charge is -2.01. The Morgan fingerprint density at radius 2 is 1.95 bits per heavy atom. The van der Waals surface area contributed by atoms with E-state index in [1.807, 2.05) is 54.6 Å². The minimum Gasteiger partial charge on any atom is -0.497 e. The maximum absolute atomic E-state index is 5.44. The Hall–Kier alpha value is -3.01. The van der Waals surface area contributed by atoms with Gasteiger partial charge >= 0.3 is 0 Å². The number of nitrogens with one attached hydrogen (secondary N) is 1. The van der Waals surface area contributed by atoms with Crippen molar-refractivity contribution in [2.24, 2.45) is 0 Å². The summed E-state index contributed by atoms with van der Waals surface area (Å²) in [4.78, 5) is 8.00. The number of hydrogen-bond acceptors (Lipinski definition) is 3. The predicted molar refractivity (Wildman–Crippen MR) is 85.8 cm³/mol. The van der Waals surface area contributed by atoms with Gasteiger partial charge in [-0.3, -0.25) is 0 Å². The van der Waals surface area contributed by atoms with E-state index >= 15 is 0 Å². The van der Waals surface area contributed by atoms with Crippen molar-refractivity contribution in [1.29, 1.82) is 0 Å². The average molecular weight is 290 g/mol. The number of fused-ring (bicyclic) bond motifs is 1. The van der Waals surface area contributed by atoms with E-state index in [9.17, 15) is 0 Å². The number of aromatic nitrogens is 2. The topological polar surface area (TPSA) is 51.1 Å². The van der Waals surface area contributed by atoms with E-state index < -0.39 is 0 Å². The first-order valence-corrected chi connectivity index (χ1v) is 7.01. The highest BCUT2D eigenvalue weighted by molar-refractivity contribution is 5.83. The minimum absolute atomic E-state index is 0.814. The molecule has 0 bridgehead atoms. The zero-order chi connectivity index (χ0) is 14.9. The van der Waals surface area contributed by atoms with Crippen LogP contribution in [-0.2, 0) is 0 Å². The Balaban J connectivity index is 1.80. The van der Waals surface area contributed by atoms with Crippen LogP contribution in [0.1, 0.15) is 0 Å². The zero-order valence-corrected chi connectivity index (χ0v) is 12.0. The summed E-state index contributed by atoms with van der Waals surface area (Å²) in [6.45, 7) is 0. The van der Waals surface area contributed by atoms with E-state index in [-0.39, 0.29) is 0 Å². The number of ether oxygens (including phenoxy) is 1. The summed E-state index contributed by atoms with van der Waals surface area (Å²) in [6.07, 6.45) is 1.67. The molecule has 2 aromatic carbocycles. The van der Waals surface area contributed by atoms with Crippen molar-refractivity contribution in [2.75, 3.05) is 7.11 Å². The first-order valence-electron chi connectivity index (χ1n) is 7.01. The van der Waals surface area contributed by atoms with Crippen LogP contribution in [-0.4, -0.2) is 17.1 Å². The number of aromatic amines is 1. The molecule has 0 aliphatic rings. The van der Waals surface area contributed by atoms with Crippen molar-refractivity contribution >= 4 is 11.0 Å². The molecule has 0 atom stereocenters. The molecule has 2 aromatic heterocycles. The number of nitrogens with zero attached hydrogens (tertiary/aromatic N) is 1. The second-order valence-corrected chi connectivity index (χ2v) is 5.03. The summed E-state index contributed by atoms with van der Waals surface area (Å²) in [6, 6.07) is 17.7. The summed E-state index contributed by atoms with van der Waals surface area (Å²) < 4.78 is 10.7. The van der Waals surface area contributed by atoms with Gasteiger partial charge in [-0.25, -0.2) is 4.98 Å². The Bertz CT molecular complexity index is 923. The van der Waals surface area contributed by atoms with Gasteiger partial charge in [-0.1, -0.05) is 12.1 Å². The van der Waals surface area contributed by atoms with Crippen molar-refractivity contribution < 1.29 is 9.15 Å². The summed E-state index contributed by atoms with van der Waals surface area (Å²) in [5.41, 5.74) is 3.92. The van der Waals surface area contributed by atoms with Crippen LogP contribution in [0.15, 0.2) is 65.3 Å². The highest BCUT2D eigenvalue weighted by Crippen LogP contribution is 2.27. The molecule has 4 rings (SSSR count). The largest absolute Gasteiger partial charge is 0.497 e. The number of imidazole rings is 1. The summed E-state index contributed by atoms with van der Waals surface area (Å²) in [5, 5.41) is 0. The van der Waals surface area contributed by atoms with E-state index in [1.165, 1.54) is 0 Å². The van der Waals surface area contributed by atoms with Gasteiger partial charge in [0, 0.05) is 11.1 Å². The van der Waals surface area contributed by atoms with E-state index in [0.29, 0.717) is 0 Å². The lowest BCUT2D eigenvalue weighted by atomic mass is 10.1. The van der Waals surface area contributed by atoms with Gasteiger partial charge in [0.2, 0.25) is 0 Å². The molecule has 0 amide bonds. The third-order valence-electron chi connectivity index (χ3n) is 3.63. The SMILES string of the molecule is COc1cccc(-c2nc3ccc(-c4ccco4)cc3[nH]2)c1. The van der Waals surface area contributed by atoms with Crippen LogP contribution >= 0.6 is 0 Å². The zero-order valence-electron chi connectivity index (χ0n) is 12.0. The van der Waals surface area contributed by atoms with Crippen LogP contribution in [0.5, 0.6) is 5.75 Å². The number of rotatable bonds is 3. The molecule has 4 nitrogen and oxygen atoms in total. The van der Waals surface area contributed by atoms with E-state index in [0.717, 1.165) is 39.5 Å². The van der Waals surface area contributed by atoms with E-state index in [4.69, 9.17) is 9.15 Å². The Labute approximate surface area is 127 Å². The number of H-pyrrole nitrogens is 1. The quantitative estimate of drug-likeness (QED) is 0.604. The van der Waals surface area contributed by atoms with Gasteiger partial charge in [0.15, 0.2) is 0 Å². The molecular formula is C18H14N2O2. The van der Waals surface area contributed by atoms with Crippen LogP contribution in [0.2, 0.25) is 0 Å². The monoisotopic (exact) mass is 290 g/mol. The smallest absolute Gasteiger partial charge is 0.138 e. The molecule has 2 heterocycles. The van der Waals surface area contributed by atoms with Crippen molar-refractivity contribution in [3.8, 4) is 28.5 Å². The standard InChI is InChI=1S/C18H14N2O2/c1-21-14-5-2-4-13(10-14)18-19-15-8-7-12(11-16(15)20-18)17-6-3-9-22-17/h2-11H,1H3,(H,19,20). The molecule has 0 spiro atoms. The Kier molecular flexibility index (Phi) is 2.93. The van der Waals surface area contributed by atoms with Crippen molar-refractivity contribution in [3.05, 3.63) is 60.9 Å². The van der Waals surface area contributed by atoms with E-state index in [2.05, 4.69) is 9.97 Å². The fraction of sp³-hybridized carbons (Fsp3) is 0.0556. The minimum atomic E-state index is 0.814. The summed E-state index contributed by atoms with van der Waals surface area (Å²) in [5.74, 6) is 2.49. The molecule has 0 fully saturated rings. The van der Waals surface area contributed by atoms with Gasteiger partial charge in [0.05, 0.1) is 24.4 Å². The maximum Gasteiger partial charge on any atom is 0.138 e. The van der Waals surface area contributed by atoms with Crippen LogP contribution in [0.3, 0.4) is 0 Å². The fourth-order valence-corrected chi connectivity index (χ4v) is 2.51. The molecule has 1 N–H and O–H groups in total. The van der Waals surface area contributed by atoms with Gasteiger partial charge in [-0.2, -0.15) is 0 Å². The molecule has 108 valence electrons. The third kappa shape index (κ3) is 2.15. The molecule has 4 heteroatoms. The molecule has 0 aliphatic carbocycles. The van der Waals surface area contributed by atoms with Crippen LogP contribution in [0.4, 0.5) is 0 Å². The highest BCUT2D eigenvalue weighted by atomic mass is 16.5. The van der Waals surface area contributed by atoms with Crippen molar-refractivity contribution in [3.63, 3.8) is 0 Å². The van der Waals surface area contributed by atoms with Crippen LogP contribution in [0, 0.1) is 0 Å². The normalized spacial score (nSPS) is 11.0. The lowest BCUT2D eigenvalue weighted by Crippen LogP contribution is -1.84. The second kappa shape index (κ2) is 5.07. The third-order valence-corrected chi connectivity index (χ3v) is 3.63. The first kappa shape index (κ1) is 12.7. The molecule has 4 aromatic rings. The number of benzene rings is 2. The van der Waals surface area contributed by atoms with E-state index in [1.54, 1.807) is 13.4 Å². The predicted octanol–water partition coefficient (Wildman–Crippen LogP) is 4.50. The molecular weight excluding hydrogens is 276 g/mol. The van der Waals surface area contributed by atoms with Gasteiger partial charge in [-0.15, -0.1) is 0 Å². The lowest BCUT2D eigenvalue weighted by molar-refractivity contribution is 0.415. The van der Waals surface area contributed by atoms with Gasteiger partial charge in [0.1, 0.15) is 17.3 Å². The second-order valence-electron chi connectivity index (χ2n) is 5.03. The molecule has 0 saturated carbocycles. The molecule has 0 aliphatic heterocycles. The molecule has 0 unspecified atom stereocenters. The number of methoxy groups -OCH3 is 1. The van der Waals surface area contributed by atoms with Crippen molar-refractivity contribution in [2.45, 2.75) is 0 Å². The molecule has 0 saturated heterocycles. The summed E-state index contributed by atoms with van der Waals surface area (Å²) >= 11 is 0. The van der Waals surface area contributed by atoms with Gasteiger partial charge in [0.25, 0.3) is 0 Å². The van der Waals surface area contributed by atoms with Gasteiger partial charge in [-0.05, 0) is 42.5 Å². The highest BCUT2D eigenvalue weighted by Gasteiger charge is 2.08. The molecule has 22 heavy (non-hydrogen) atoms.